The number of aryl methyl sites for hydroxylation is 1. The minimum Gasteiger partial charge on any atom is -0.456 e. The molecule has 0 amide bonds. The van der Waals surface area contributed by atoms with Gasteiger partial charge in [0.05, 0.1) is 22.3 Å². The van der Waals surface area contributed by atoms with Gasteiger partial charge in [-0.1, -0.05) is 62.7 Å². The standard InChI is InChI=1S/C33H41N3O4S/c1-6-8-13-31-35-29-19-18-26(34-23-41(38,39)20-7-2)21-30(29)36(31)22-24-14-16-25(17-15-24)27-11-9-10-12-28(27)32(37)40-33(3,4)5/h9-12,14-19,21,34H,6-8,13,20,22-23H2,1-5H3. The molecule has 1 heterocycles. The molecule has 0 aliphatic rings. The average molecular weight is 576 g/mol. The number of nitrogens with one attached hydrogen (secondary N) is 1. The zero-order valence-corrected chi connectivity index (χ0v) is 25.6. The van der Waals surface area contributed by atoms with Gasteiger partial charge in [0, 0.05) is 18.7 Å². The van der Waals surface area contributed by atoms with E-state index in [0.717, 1.165) is 58.5 Å². The summed E-state index contributed by atoms with van der Waals surface area (Å²) in [5, 5.41) is 3.09. The molecule has 0 fully saturated rings. The highest BCUT2D eigenvalue weighted by molar-refractivity contribution is 7.91. The number of nitrogens with zero attached hydrogens (tertiary/aromatic N) is 2. The van der Waals surface area contributed by atoms with Crippen LogP contribution in [-0.4, -0.2) is 41.2 Å². The summed E-state index contributed by atoms with van der Waals surface area (Å²) >= 11 is 0. The Labute approximate surface area is 243 Å². The van der Waals surface area contributed by atoms with Crippen LogP contribution in [0.1, 0.15) is 75.6 Å². The minimum absolute atomic E-state index is 0.0879. The number of unbranched alkanes of at least 4 members (excludes halogenated alkanes) is 1. The van der Waals surface area contributed by atoms with E-state index in [1.54, 1.807) is 6.07 Å². The van der Waals surface area contributed by atoms with Crippen LogP contribution in [0.5, 0.6) is 0 Å². The summed E-state index contributed by atoms with van der Waals surface area (Å²) in [5.74, 6) is 0.751. The van der Waals surface area contributed by atoms with E-state index in [1.165, 1.54) is 0 Å². The Balaban J connectivity index is 1.62. The van der Waals surface area contributed by atoms with Crippen molar-refractivity contribution in [1.29, 1.82) is 0 Å². The number of carbonyl (C=O) groups excluding carboxylic acids is 1. The maximum atomic E-state index is 12.9. The maximum Gasteiger partial charge on any atom is 0.339 e. The van der Waals surface area contributed by atoms with Crippen molar-refractivity contribution >= 4 is 32.5 Å². The Bertz CT molecular complexity index is 1600. The number of rotatable bonds is 12. The first-order chi connectivity index (χ1) is 19.5. The molecule has 0 atom stereocenters. The molecule has 0 spiro atoms. The smallest absolute Gasteiger partial charge is 0.339 e. The normalized spacial score (nSPS) is 12.0. The summed E-state index contributed by atoms with van der Waals surface area (Å²) in [6.07, 6.45) is 3.56. The van der Waals surface area contributed by atoms with Crippen LogP contribution in [0, 0.1) is 0 Å². The monoisotopic (exact) mass is 575 g/mol. The molecule has 0 aliphatic heterocycles. The lowest BCUT2D eigenvalue weighted by Gasteiger charge is -2.20. The molecular weight excluding hydrogens is 534 g/mol. The summed E-state index contributed by atoms with van der Waals surface area (Å²) in [4.78, 5) is 17.8. The van der Waals surface area contributed by atoms with E-state index in [4.69, 9.17) is 9.72 Å². The molecule has 1 aromatic heterocycles. The zero-order valence-electron chi connectivity index (χ0n) is 24.7. The van der Waals surface area contributed by atoms with Crippen molar-refractivity contribution < 1.29 is 17.9 Å². The summed E-state index contributed by atoms with van der Waals surface area (Å²) in [5.41, 5.74) is 5.46. The predicted octanol–water partition coefficient (Wildman–Crippen LogP) is 7.24. The Morgan fingerprint density at radius 2 is 1.71 bits per heavy atom. The molecule has 0 aliphatic carbocycles. The van der Waals surface area contributed by atoms with Gasteiger partial charge in [-0.05, 0) is 74.6 Å². The van der Waals surface area contributed by atoms with Gasteiger partial charge in [-0.25, -0.2) is 18.2 Å². The summed E-state index contributed by atoms with van der Waals surface area (Å²) in [6.45, 7) is 10.3. The predicted molar refractivity (Wildman–Crippen MR) is 167 cm³/mol. The summed E-state index contributed by atoms with van der Waals surface area (Å²) < 4.78 is 32.3. The molecule has 0 radical (unpaired) electrons. The average Bonchev–Trinajstić information content (AvgIpc) is 3.26. The first kappa shape index (κ1) is 30.3. The molecule has 3 aromatic carbocycles. The van der Waals surface area contributed by atoms with Crippen LogP contribution in [0.4, 0.5) is 5.69 Å². The van der Waals surface area contributed by atoms with E-state index >= 15 is 0 Å². The molecular formula is C33H41N3O4S. The van der Waals surface area contributed by atoms with Gasteiger partial charge >= 0.3 is 5.97 Å². The van der Waals surface area contributed by atoms with Crippen molar-refractivity contribution in [2.75, 3.05) is 16.9 Å². The number of sulfone groups is 1. The number of hydrogen-bond acceptors (Lipinski definition) is 6. The molecule has 1 N–H and O–H groups in total. The topological polar surface area (TPSA) is 90.3 Å². The van der Waals surface area contributed by atoms with Crippen molar-refractivity contribution in [3.05, 3.63) is 83.7 Å². The molecule has 7 nitrogen and oxygen atoms in total. The number of carbonyl (C=O) groups is 1. The van der Waals surface area contributed by atoms with E-state index in [1.807, 2.05) is 76.2 Å². The molecule has 0 unspecified atom stereocenters. The van der Waals surface area contributed by atoms with E-state index < -0.39 is 15.4 Å². The van der Waals surface area contributed by atoms with Gasteiger partial charge in [-0.15, -0.1) is 0 Å². The van der Waals surface area contributed by atoms with E-state index in [9.17, 15) is 13.2 Å². The third-order valence-electron chi connectivity index (χ3n) is 6.74. The summed E-state index contributed by atoms with van der Waals surface area (Å²) in [7, 11) is -3.16. The molecule has 8 heteroatoms. The molecule has 218 valence electrons. The van der Waals surface area contributed by atoms with Crippen molar-refractivity contribution in [3.8, 4) is 11.1 Å². The van der Waals surface area contributed by atoms with Gasteiger partial charge < -0.3 is 14.6 Å². The lowest BCUT2D eigenvalue weighted by Crippen LogP contribution is -2.24. The van der Waals surface area contributed by atoms with Crippen LogP contribution >= 0.6 is 0 Å². The number of hydrogen-bond donors (Lipinski definition) is 1. The van der Waals surface area contributed by atoms with Crippen LogP contribution in [0.2, 0.25) is 0 Å². The highest BCUT2D eigenvalue weighted by atomic mass is 32.2. The first-order valence-corrected chi connectivity index (χ1v) is 16.2. The summed E-state index contributed by atoms with van der Waals surface area (Å²) in [6, 6.07) is 21.6. The second-order valence-corrected chi connectivity index (χ2v) is 13.6. The lowest BCUT2D eigenvalue weighted by atomic mass is 9.98. The first-order valence-electron chi connectivity index (χ1n) is 14.3. The molecule has 0 saturated heterocycles. The number of fused-ring (bicyclic) bond motifs is 1. The lowest BCUT2D eigenvalue weighted by molar-refractivity contribution is 0.00704. The van der Waals surface area contributed by atoms with Crippen LogP contribution in [0.15, 0.2) is 66.7 Å². The van der Waals surface area contributed by atoms with Gasteiger partial charge in [0.2, 0.25) is 0 Å². The number of esters is 1. The second kappa shape index (κ2) is 12.9. The Morgan fingerprint density at radius 3 is 2.39 bits per heavy atom. The number of aromatic nitrogens is 2. The van der Waals surface area contributed by atoms with Gasteiger partial charge in [-0.3, -0.25) is 0 Å². The molecule has 0 bridgehead atoms. The van der Waals surface area contributed by atoms with Crippen molar-refractivity contribution in [3.63, 3.8) is 0 Å². The van der Waals surface area contributed by atoms with Crippen molar-refractivity contribution in [2.45, 2.75) is 72.4 Å². The third kappa shape index (κ3) is 7.97. The van der Waals surface area contributed by atoms with Gasteiger partial charge in [0.1, 0.15) is 17.3 Å². The fourth-order valence-corrected chi connectivity index (χ4v) is 5.93. The minimum atomic E-state index is -3.16. The molecule has 0 saturated carbocycles. The van der Waals surface area contributed by atoms with Crippen LogP contribution in [0.25, 0.3) is 22.2 Å². The number of anilines is 1. The molecule has 4 aromatic rings. The third-order valence-corrected chi connectivity index (χ3v) is 8.36. The molecule has 4 rings (SSSR count). The number of benzene rings is 3. The largest absolute Gasteiger partial charge is 0.456 e. The van der Waals surface area contributed by atoms with Crippen LogP contribution in [-0.2, 0) is 27.5 Å². The second-order valence-electron chi connectivity index (χ2n) is 11.4. The Hall–Kier alpha value is -3.65. The zero-order chi connectivity index (χ0) is 29.6. The van der Waals surface area contributed by atoms with Crippen molar-refractivity contribution in [1.82, 2.24) is 9.55 Å². The van der Waals surface area contributed by atoms with E-state index in [-0.39, 0.29) is 17.6 Å². The fraction of sp³-hybridized carbons (Fsp3) is 0.394. The number of ether oxygens (including phenoxy) is 1. The van der Waals surface area contributed by atoms with Gasteiger partial charge in [-0.2, -0.15) is 0 Å². The van der Waals surface area contributed by atoms with Gasteiger partial charge in [0.15, 0.2) is 9.84 Å². The Kier molecular flexibility index (Phi) is 9.53. The maximum absolute atomic E-state index is 12.9. The number of imidazole rings is 1. The fourth-order valence-electron chi connectivity index (χ4n) is 4.78. The van der Waals surface area contributed by atoms with Gasteiger partial charge in [0.25, 0.3) is 0 Å². The van der Waals surface area contributed by atoms with Crippen molar-refractivity contribution in [2.24, 2.45) is 0 Å². The van der Waals surface area contributed by atoms with E-state index in [0.29, 0.717) is 18.5 Å². The Morgan fingerprint density at radius 1 is 0.976 bits per heavy atom. The van der Waals surface area contributed by atoms with E-state index in [2.05, 4.69) is 28.9 Å². The van der Waals surface area contributed by atoms with Crippen LogP contribution in [0.3, 0.4) is 0 Å². The highest BCUT2D eigenvalue weighted by Crippen LogP contribution is 2.28. The SMILES string of the molecule is CCCCc1nc2ccc(NCS(=O)(=O)CCC)cc2n1Cc1ccc(-c2ccccc2C(=O)OC(C)(C)C)cc1. The quantitative estimate of drug-likeness (QED) is 0.179. The van der Waals surface area contributed by atoms with Crippen LogP contribution < -0.4 is 5.32 Å². The highest BCUT2D eigenvalue weighted by Gasteiger charge is 2.21. The molecule has 41 heavy (non-hydrogen) atoms.